The quantitative estimate of drug-likeness (QED) is 0.361. The lowest BCUT2D eigenvalue weighted by Crippen LogP contribution is -1.62. The van der Waals surface area contributed by atoms with Crippen LogP contribution in [-0.2, 0) is 0 Å². The lowest BCUT2D eigenvalue weighted by Gasteiger charge is -1.77. The Morgan fingerprint density at radius 1 is 1.80 bits per heavy atom. The summed E-state index contributed by atoms with van der Waals surface area (Å²) >= 11 is 4.71. The second-order valence-corrected chi connectivity index (χ2v) is 3.03. The van der Waals surface area contributed by atoms with Gasteiger partial charge >= 0.3 is 0 Å². The Morgan fingerprint density at radius 3 is 2.00 bits per heavy atom. The molecule has 0 aromatic rings. The third kappa shape index (κ3) is 4.52. The summed E-state index contributed by atoms with van der Waals surface area (Å²) in [5, 5.41) is 0. The summed E-state index contributed by atoms with van der Waals surface area (Å²) in [5.74, 6) is 0. The van der Waals surface area contributed by atoms with Gasteiger partial charge in [-0.15, -0.1) is 0 Å². The van der Waals surface area contributed by atoms with Gasteiger partial charge in [0.1, 0.15) is 0 Å². The minimum atomic E-state index is 0.846. The molecule has 0 nitrogen and oxygen atoms in total. The molecule has 0 aromatic carbocycles. The van der Waals surface area contributed by atoms with Crippen LogP contribution in [0.5, 0.6) is 0 Å². The van der Waals surface area contributed by atoms with Crippen LogP contribution >= 0.6 is 20.8 Å². The van der Waals surface area contributed by atoms with Gasteiger partial charge in [-0.3, -0.25) is 0 Å². The van der Waals surface area contributed by atoms with E-state index in [0.717, 1.165) is 13.2 Å². The summed E-state index contributed by atoms with van der Waals surface area (Å²) in [7, 11) is 0.846. The van der Waals surface area contributed by atoms with Crippen molar-refractivity contribution in [2.45, 2.75) is 6.92 Å². The summed E-state index contributed by atoms with van der Waals surface area (Å²) in [6.45, 7) is 4.05. The van der Waals surface area contributed by atoms with E-state index in [-0.39, 0.29) is 0 Å². The Hall–Kier alpha value is 0.520. The molecule has 0 fully saturated rings. The summed E-state index contributed by atoms with van der Waals surface area (Å²) in [6, 6.07) is 0. The zero-order chi connectivity index (χ0) is 4.28. The van der Waals surface area contributed by atoms with E-state index in [4.69, 9.17) is 12.2 Å². The fourth-order valence-electron chi connectivity index (χ4n) is 0. The third-order valence-corrected chi connectivity index (χ3v) is 1.67. The van der Waals surface area contributed by atoms with Gasteiger partial charge in [-0.2, -0.15) is 0 Å². The van der Waals surface area contributed by atoms with E-state index >= 15 is 0 Å². The van der Waals surface area contributed by atoms with Gasteiger partial charge in [0.05, 0.1) is 0 Å². The molecule has 0 aliphatic rings. The molecular formula is C3H7PS. The Bertz CT molecular complexity index is 42.2. The molecule has 0 saturated carbocycles. The van der Waals surface area contributed by atoms with Crippen molar-refractivity contribution in [1.29, 1.82) is 0 Å². The van der Waals surface area contributed by atoms with Crippen molar-refractivity contribution in [1.82, 2.24) is 0 Å². The first-order valence-corrected chi connectivity index (χ1v) is 3.36. The number of hydrogen-bond donors (Lipinski definition) is 0. The SMILES string of the molecule is CPC(C)=S. The van der Waals surface area contributed by atoms with Crippen molar-refractivity contribution in [2.24, 2.45) is 0 Å². The maximum atomic E-state index is 4.71. The van der Waals surface area contributed by atoms with Crippen molar-refractivity contribution in [2.75, 3.05) is 6.66 Å². The van der Waals surface area contributed by atoms with Crippen LogP contribution in [-0.4, -0.2) is 11.3 Å². The first kappa shape index (κ1) is 5.52. The fourth-order valence-corrected chi connectivity index (χ4v) is 0. The van der Waals surface area contributed by atoms with Crippen molar-refractivity contribution in [3.63, 3.8) is 0 Å². The van der Waals surface area contributed by atoms with E-state index in [1.54, 1.807) is 0 Å². The Balaban J connectivity index is 2.85. The number of thiocarbonyl (C=S) groups is 1. The Kier molecular flexibility index (Phi) is 3.03. The average molecular weight is 106 g/mol. The molecule has 30 valence electrons. The van der Waals surface area contributed by atoms with Gasteiger partial charge in [0.25, 0.3) is 0 Å². The maximum absolute atomic E-state index is 4.71. The van der Waals surface area contributed by atoms with Crippen LogP contribution in [0.15, 0.2) is 0 Å². The molecule has 0 spiro atoms. The molecule has 2 heteroatoms. The molecule has 1 unspecified atom stereocenters. The molecular weight excluding hydrogens is 99.1 g/mol. The van der Waals surface area contributed by atoms with Crippen molar-refractivity contribution in [3.05, 3.63) is 0 Å². The topological polar surface area (TPSA) is 0 Å². The highest BCUT2D eigenvalue weighted by atomic mass is 32.1. The van der Waals surface area contributed by atoms with Crippen LogP contribution in [0.25, 0.3) is 0 Å². The standard InChI is InChI=1S/C3H7PS/c1-3(5)4-2/h4H,1-2H3. The van der Waals surface area contributed by atoms with Gasteiger partial charge in [0.2, 0.25) is 0 Å². The molecule has 0 saturated heterocycles. The lowest BCUT2D eigenvalue weighted by atomic mass is 11.0. The second kappa shape index (κ2) is 2.74. The predicted molar refractivity (Wildman–Crippen MR) is 32.5 cm³/mol. The van der Waals surface area contributed by atoms with Gasteiger partial charge in [0.15, 0.2) is 0 Å². The van der Waals surface area contributed by atoms with Crippen molar-refractivity contribution in [3.8, 4) is 0 Å². The third-order valence-electron chi connectivity index (χ3n) is 0.352. The lowest BCUT2D eigenvalue weighted by molar-refractivity contribution is 2.10. The first-order valence-electron chi connectivity index (χ1n) is 1.45. The molecule has 0 radical (unpaired) electrons. The summed E-state index contributed by atoms with van der Waals surface area (Å²) < 4.78 is 1.12. The molecule has 0 rings (SSSR count). The van der Waals surface area contributed by atoms with Crippen molar-refractivity contribution < 1.29 is 0 Å². The molecule has 1 atom stereocenters. The molecule has 0 amide bonds. The summed E-state index contributed by atoms with van der Waals surface area (Å²) in [6.07, 6.45) is 0. The van der Waals surface area contributed by atoms with Crippen LogP contribution in [0.3, 0.4) is 0 Å². The molecule has 5 heavy (non-hydrogen) atoms. The highest BCUT2D eigenvalue weighted by Crippen LogP contribution is 2.02. The normalized spacial score (nSPS) is 10.0. The van der Waals surface area contributed by atoms with E-state index in [1.165, 1.54) is 0 Å². The minimum absolute atomic E-state index is 0.846. The zero-order valence-electron chi connectivity index (χ0n) is 3.41. The molecule has 0 N–H and O–H groups in total. The Labute approximate surface area is 39.7 Å². The predicted octanol–water partition coefficient (Wildman–Crippen LogP) is 1.64. The minimum Gasteiger partial charge on any atom is -0.0865 e. The average Bonchev–Trinajstić information content (AvgIpc) is 1.38. The highest BCUT2D eigenvalue weighted by Gasteiger charge is 1.70. The molecule has 0 aliphatic heterocycles. The van der Waals surface area contributed by atoms with Gasteiger partial charge in [-0.05, 0) is 13.6 Å². The summed E-state index contributed by atoms with van der Waals surface area (Å²) in [5.41, 5.74) is 0. The maximum Gasteiger partial charge on any atom is 0.00981 e. The van der Waals surface area contributed by atoms with Crippen LogP contribution in [0.2, 0.25) is 0 Å². The Morgan fingerprint density at radius 2 is 2.00 bits per heavy atom. The van der Waals surface area contributed by atoms with Crippen LogP contribution in [0.1, 0.15) is 6.92 Å². The van der Waals surface area contributed by atoms with Gasteiger partial charge in [-0.25, -0.2) is 0 Å². The van der Waals surface area contributed by atoms with E-state index in [1.807, 2.05) is 6.92 Å². The van der Waals surface area contributed by atoms with Crippen LogP contribution in [0.4, 0.5) is 0 Å². The highest BCUT2D eigenvalue weighted by molar-refractivity contribution is 7.93. The summed E-state index contributed by atoms with van der Waals surface area (Å²) in [4.78, 5) is 0. The van der Waals surface area contributed by atoms with Crippen LogP contribution in [0, 0.1) is 0 Å². The van der Waals surface area contributed by atoms with E-state index in [2.05, 4.69) is 6.66 Å². The fraction of sp³-hybridized carbons (Fsp3) is 0.667. The zero-order valence-corrected chi connectivity index (χ0v) is 5.22. The molecule has 0 heterocycles. The molecule has 0 bridgehead atoms. The van der Waals surface area contributed by atoms with E-state index in [0.29, 0.717) is 0 Å². The van der Waals surface area contributed by atoms with Gasteiger partial charge in [-0.1, -0.05) is 20.8 Å². The number of rotatable bonds is 1. The number of hydrogen-bond acceptors (Lipinski definition) is 1. The van der Waals surface area contributed by atoms with Gasteiger partial charge < -0.3 is 0 Å². The van der Waals surface area contributed by atoms with Crippen molar-refractivity contribution >= 4 is 25.4 Å². The monoisotopic (exact) mass is 106 g/mol. The molecule has 0 aromatic heterocycles. The van der Waals surface area contributed by atoms with E-state index in [9.17, 15) is 0 Å². The first-order chi connectivity index (χ1) is 2.27. The largest absolute Gasteiger partial charge is 0.0865 e. The van der Waals surface area contributed by atoms with Gasteiger partial charge in [0, 0.05) is 4.61 Å². The molecule has 0 aliphatic carbocycles. The van der Waals surface area contributed by atoms with Crippen LogP contribution < -0.4 is 0 Å². The second-order valence-electron chi connectivity index (χ2n) is 0.806. The van der Waals surface area contributed by atoms with E-state index < -0.39 is 0 Å². The smallest absolute Gasteiger partial charge is 0.00981 e.